The van der Waals surface area contributed by atoms with Gasteiger partial charge < -0.3 is 20.6 Å². The van der Waals surface area contributed by atoms with E-state index >= 15 is 0 Å². The molecule has 3 amide bonds. The molecule has 1 saturated heterocycles. The summed E-state index contributed by atoms with van der Waals surface area (Å²) in [5.74, 6) is -1.13. The second-order valence-corrected chi connectivity index (χ2v) is 7.34. The number of urea groups is 1. The van der Waals surface area contributed by atoms with E-state index < -0.39 is 17.9 Å². The number of hydrogen-bond acceptors (Lipinski definition) is 3. The molecule has 1 heterocycles. The van der Waals surface area contributed by atoms with Crippen molar-refractivity contribution in [3.63, 3.8) is 0 Å². The van der Waals surface area contributed by atoms with Gasteiger partial charge in [-0.25, -0.2) is 4.79 Å². The third kappa shape index (κ3) is 4.66. The zero-order valence-electron chi connectivity index (χ0n) is 14.3. The van der Waals surface area contributed by atoms with Crippen molar-refractivity contribution >= 4 is 29.5 Å². The first-order valence-electron chi connectivity index (χ1n) is 8.70. The van der Waals surface area contributed by atoms with Gasteiger partial charge in [0.1, 0.15) is 0 Å². The Morgan fingerprint density at radius 2 is 1.81 bits per heavy atom. The number of carbonyl (C=O) groups is 3. The Morgan fingerprint density at radius 3 is 2.42 bits per heavy atom. The molecule has 3 N–H and O–H groups in total. The highest BCUT2D eigenvalue weighted by molar-refractivity contribution is 6.30. The average molecular weight is 380 g/mol. The number of likely N-dealkylation sites (tertiary alicyclic amines) is 1. The molecule has 2 aliphatic rings. The number of carboxylic acids is 1. The number of nitrogens with one attached hydrogen (secondary N) is 2. The van der Waals surface area contributed by atoms with Crippen molar-refractivity contribution in [2.45, 2.75) is 19.4 Å². The Balaban J connectivity index is 1.42. The number of amides is 3. The quantitative estimate of drug-likeness (QED) is 0.700. The molecule has 0 unspecified atom stereocenters. The summed E-state index contributed by atoms with van der Waals surface area (Å²) in [6.07, 6.45) is 2.09. The fourth-order valence-electron chi connectivity index (χ4n) is 3.41. The van der Waals surface area contributed by atoms with E-state index in [0.29, 0.717) is 24.0 Å². The number of carboxylic acid groups (broad SMARTS) is 1. The number of benzene rings is 1. The van der Waals surface area contributed by atoms with E-state index in [1.165, 1.54) is 0 Å². The molecule has 2 fully saturated rings. The lowest BCUT2D eigenvalue weighted by molar-refractivity contribution is -0.142. The van der Waals surface area contributed by atoms with Crippen LogP contribution in [0.5, 0.6) is 0 Å². The lowest BCUT2D eigenvalue weighted by Gasteiger charge is -2.17. The van der Waals surface area contributed by atoms with Crippen LogP contribution in [0.1, 0.15) is 18.4 Å². The molecular weight excluding hydrogens is 358 g/mol. The Bertz CT molecular complexity index is 690. The van der Waals surface area contributed by atoms with E-state index in [-0.39, 0.29) is 24.9 Å². The molecule has 1 saturated carbocycles. The van der Waals surface area contributed by atoms with Crippen LogP contribution in [0.3, 0.4) is 0 Å². The molecule has 1 aliphatic heterocycles. The standard InChI is InChI=1S/C18H22ClN3O4/c19-13-5-1-11(2-6-13)7-20-18(26)21-8-16(23)22-9-14(12-3-4-12)15(10-22)17(24)25/h1-2,5-6,12,14-15H,3-4,7-10H2,(H,24,25)(H2,20,21,26)/t14-,15+/m1/s1. The van der Waals surface area contributed by atoms with E-state index in [0.717, 1.165) is 18.4 Å². The maximum Gasteiger partial charge on any atom is 0.315 e. The van der Waals surface area contributed by atoms with Crippen molar-refractivity contribution in [1.82, 2.24) is 15.5 Å². The summed E-state index contributed by atoms with van der Waals surface area (Å²) in [6, 6.07) is 6.65. The molecule has 0 spiro atoms. The van der Waals surface area contributed by atoms with Gasteiger partial charge in [-0.2, -0.15) is 0 Å². The highest BCUT2D eigenvalue weighted by Crippen LogP contribution is 2.44. The SMILES string of the molecule is O=C(NCC(=O)N1C[C@H](C(=O)O)[C@@H](C2CC2)C1)NCc1ccc(Cl)cc1. The topological polar surface area (TPSA) is 98.7 Å². The minimum absolute atomic E-state index is 0.0372. The molecule has 0 radical (unpaired) electrons. The zero-order valence-corrected chi connectivity index (χ0v) is 15.0. The van der Waals surface area contributed by atoms with Gasteiger partial charge in [0.25, 0.3) is 0 Å². The van der Waals surface area contributed by atoms with Crippen LogP contribution in [0.15, 0.2) is 24.3 Å². The van der Waals surface area contributed by atoms with E-state index in [2.05, 4.69) is 10.6 Å². The maximum absolute atomic E-state index is 12.3. The van der Waals surface area contributed by atoms with Crippen LogP contribution >= 0.6 is 11.6 Å². The molecule has 140 valence electrons. The van der Waals surface area contributed by atoms with Gasteiger partial charge >= 0.3 is 12.0 Å². The smallest absolute Gasteiger partial charge is 0.315 e. The molecule has 7 nitrogen and oxygen atoms in total. The second-order valence-electron chi connectivity index (χ2n) is 6.91. The Kier molecular flexibility index (Phi) is 5.66. The number of halogens is 1. The van der Waals surface area contributed by atoms with Gasteiger partial charge in [0, 0.05) is 24.7 Å². The van der Waals surface area contributed by atoms with E-state index in [1.807, 2.05) is 12.1 Å². The van der Waals surface area contributed by atoms with E-state index in [9.17, 15) is 19.5 Å². The van der Waals surface area contributed by atoms with Gasteiger partial charge in [-0.05, 0) is 42.4 Å². The third-order valence-corrected chi connectivity index (χ3v) is 5.28. The van der Waals surface area contributed by atoms with Crippen LogP contribution in [-0.2, 0) is 16.1 Å². The molecule has 2 atom stereocenters. The minimum Gasteiger partial charge on any atom is -0.481 e. The molecule has 1 aliphatic carbocycles. The molecular formula is C18H22ClN3O4. The number of nitrogens with zero attached hydrogens (tertiary/aromatic N) is 1. The van der Waals surface area contributed by atoms with Gasteiger partial charge in [0.2, 0.25) is 5.91 Å². The van der Waals surface area contributed by atoms with Crippen molar-refractivity contribution < 1.29 is 19.5 Å². The third-order valence-electron chi connectivity index (χ3n) is 5.03. The van der Waals surface area contributed by atoms with Gasteiger partial charge in [0.15, 0.2) is 0 Å². The average Bonchev–Trinajstić information content (AvgIpc) is 3.37. The molecule has 0 aromatic heterocycles. The first-order chi connectivity index (χ1) is 12.4. The van der Waals surface area contributed by atoms with E-state index in [1.54, 1.807) is 17.0 Å². The van der Waals surface area contributed by atoms with Crippen LogP contribution in [0.25, 0.3) is 0 Å². The number of hydrogen-bond donors (Lipinski definition) is 3. The Labute approximate surface area is 156 Å². The predicted molar refractivity (Wildman–Crippen MR) is 95.6 cm³/mol. The largest absolute Gasteiger partial charge is 0.481 e. The molecule has 0 bridgehead atoms. The molecule has 1 aromatic rings. The lowest BCUT2D eigenvalue weighted by Crippen LogP contribution is -2.43. The first-order valence-corrected chi connectivity index (χ1v) is 9.08. The summed E-state index contributed by atoms with van der Waals surface area (Å²) in [7, 11) is 0. The van der Waals surface area contributed by atoms with Gasteiger partial charge in [-0.3, -0.25) is 9.59 Å². The highest BCUT2D eigenvalue weighted by atomic mass is 35.5. The number of aliphatic carboxylic acids is 1. The van der Waals surface area contributed by atoms with Crippen molar-refractivity contribution in [3.05, 3.63) is 34.9 Å². The van der Waals surface area contributed by atoms with Crippen LogP contribution in [0, 0.1) is 17.8 Å². The van der Waals surface area contributed by atoms with Crippen molar-refractivity contribution in [2.24, 2.45) is 17.8 Å². The van der Waals surface area contributed by atoms with Crippen LogP contribution in [0.2, 0.25) is 5.02 Å². The Morgan fingerprint density at radius 1 is 1.12 bits per heavy atom. The van der Waals surface area contributed by atoms with Gasteiger partial charge in [-0.1, -0.05) is 23.7 Å². The summed E-state index contributed by atoms with van der Waals surface area (Å²) < 4.78 is 0. The minimum atomic E-state index is -0.842. The summed E-state index contributed by atoms with van der Waals surface area (Å²) in [5, 5.41) is 15.2. The van der Waals surface area contributed by atoms with Crippen molar-refractivity contribution in [2.75, 3.05) is 19.6 Å². The van der Waals surface area contributed by atoms with E-state index in [4.69, 9.17) is 11.6 Å². The summed E-state index contributed by atoms with van der Waals surface area (Å²) >= 11 is 5.81. The van der Waals surface area contributed by atoms with Crippen LogP contribution < -0.4 is 10.6 Å². The fourth-order valence-corrected chi connectivity index (χ4v) is 3.54. The summed E-state index contributed by atoms with van der Waals surface area (Å²) in [5.41, 5.74) is 0.895. The molecule has 26 heavy (non-hydrogen) atoms. The number of carbonyl (C=O) groups excluding carboxylic acids is 2. The van der Waals surface area contributed by atoms with Crippen LogP contribution in [0.4, 0.5) is 4.79 Å². The summed E-state index contributed by atoms with van der Waals surface area (Å²) in [4.78, 5) is 37.1. The maximum atomic E-state index is 12.3. The predicted octanol–water partition coefficient (Wildman–Crippen LogP) is 1.71. The second kappa shape index (κ2) is 7.95. The fraction of sp³-hybridized carbons (Fsp3) is 0.500. The normalized spacial score (nSPS) is 22.1. The first kappa shape index (κ1) is 18.5. The monoisotopic (exact) mass is 379 g/mol. The van der Waals surface area contributed by atoms with Crippen molar-refractivity contribution in [3.8, 4) is 0 Å². The van der Waals surface area contributed by atoms with Gasteiger partial charge in [-0.15, -0.1) is 0 Å². The lowest BCUT2D eigenvalue weighted by atomic mass is 9.92. The zero-order chi connectivity index (χ0) is 18.7. The Hall–Kier alpha value is -2.28. The summed E-state index contributed by atoms with van der Waals surface area (Å²) in [6.45, 7) is 0.875. The molecule has 3 rings (SSSR count). The van der Waals surface area contributed by atoms with Gasteiger partial charge in [0.05, 0.1) is 12.5 Å². The highest BCUT2D eigenvalue weighted by Gasteiger charge is 2.46. The molecule has 1 aromatic carbocycles. The number of rotatable bonds is 6. The van der Waals surface area contributed by atoms with Crippen molar-refractivity contribution in [1.29, 1.82) is 0 Å². The molecule has 8 heteroatoms. The van der Waals surface area contributed by atoms with Crippen LogP contribution in [-0.4, -0.2) is 47.5 Å².